The molecule has 0 spiro atoms. The third-order valence-electron chi connectivity index (χ3n) is 3.45. The lowest BCUT2D eigenvalue weighted by Gasteiger charge is -2.21. The molecule has 1 saturated carbocycles. The zero-order chi connectivity index (χ0) is 15.6. The van der Waals surface area contributed by atoms with Crippen molar-refractivity contribution in [3.63, 3.8) is 0 Å². The van der Waals surface area contributed by atoms with Gasteiger partial charge in [0.1, 0.15) is 6.04 Å². The summed E-state index contributed by atoms with van der Waals surface area (Å²) >= 11 is 6.00. The van der Waals surface area contributed by atoms with Crippen molar-refractivity contribution in [1.29, 1.82) is 0 Å². The van der Waals surface area contributed by atoms with Crippen LogP contribution in [0, 0.1) is 12.8 Å². The summed E-state index contributed by atoms with van der Waals surface area (Å²) in [7, 11) is 0. The van der Waals surface area contributed by atoms with E-state index in [9.17, 15) is 14.7 Å². The van der Waals surface area contributed by atoms with Crippen molar-refractivity contribution in [2.24, 2.45) is 5.92 Å². The lowest BCUT2D eigenvalue weighted by molar-refractivity contribution is -0.129. The predicted octanol–water partition coefficient (Wildman–Crippen LogP) is 1.86. The largest absolute Gasteiger partial charge is 0.391 e. The third kappa shape index (κ3) is 4.19. The van der Waals surface area contributed by atoms with Crippen molar-refractivity contribution in [2.45, 2.75) is 38.8 Å². The van der Waals surface area contributed by atoms with Crippen LogP contribution in [-0.2, 0) is 9.59 Å². The molecule has 0 heterocycles. The summed E-state index contributed by atoms with van der Waals surface area (Å²) in [5.41, 5.74) is 1.44. The zero-order valence-electron chi connectivity index (χ0n) is 12.0. The fourth-order valence-corrected chi connectivity index (χ4v) is 2.09. The number of carbonyl (C=O) groups is 2. The Labute approximate surface area is 128 Å². The number of aliphatic hydroxyl groups is 1. The lowest BCUT2D eigenvalue weighted by atomic mass is 10.1. The van der Waals surface area contributed by atoms with Crippen molar-refractivity contribution >= 4 is 29.1 Å². The molecule has 1 aliphatic carbocycles. The SMILES string of the molecule is Cc1ccc(NC(=O)C(NC(=O)C2CC2)C(C)O)cc1Cl. The van der Waals surface area contributed by atoms with Crippen molar-refractivity contribution in [2.75, 3.05) is 5.32 Å². The smallest absolute Gasteiger partial charge is 0.249 e. The van der Waals surface area contributed by atoms with Gasteiger partial charge in [-0.3, -0.25) is 9.59 Å². The summed E-state index contributed by atoms with van der Waals surface area (Å²) in [5.74, 6) is -0.662. The summed E-state index contributed by atoms with van der Waals surface area (Å²) in [6.07, 6.45) is 0.704. The number of aryl methyl sites for hydroxylation is 1. The van der Waals surface area contributed by atoms with E-state index in [-0.39, 0.29) is 11.8 Å². The van der Waals surface area contributed by atoms with Crippen LogP contribution in [0.2, 0.25) is 5.02 Å². The Hall–Kier alpha value is -1.59. The van der Waals surface area contributed by atoms with Gasteiger partial charge in [0.15, 0.2) is 0 Å². The Morgan fingerprint density at radius 3 is 2.57 bits per heavy atom. The molecule has 1 fully saturated rings. The second-order valence-electron chi connectivity index (χ2n) is 5.45. The Balaban J connectivity index is 2.03. The van der Waals surface area contributed by atoms with Crippen molar-refractivity contribution in [3.05, 3.63) is 28.8 Å². The highest BCUT2D eigenvalue weighted by Crippen LogP contribution is 2.29. The lowest BCUT2D eigenvalue weighted by Crippen LogP contribution is -2.50. The van der Waals surface area contributed by atoms with Gasteiger partial charge in [0, 0.05) is 16.6 Å². The summed E-state index contributed by atoms with van der Waals surface area (Å²) in [6.45, 7) is 3.34. The molecule has 0 bridgehead atoms. The van der Waals surface area contributed by atoms with Gasteiger partial charge in [-0.15, -0.1) is 0 Å². The minimum atomic E-state index is -0.978. The summed E-state index contributed by atoms with van der Waals surface area (Å²) in [5, 5.41) is 15.5. The van der Waals surface area contributed by atoms with Crippen molar-refractivity contribution in [1.82, 2.24) is 5.32 Å². The Morgan fingerprint density at radius 1 is 1.38 bits per heavy atom. The molecule has 0 aromatic heterocycles. The number of rotatable bonds is 5. The summed E-state index contributed by atoms with van der Waals surface area (Å²) < 4.78 is 0. The first kappa shape index (κ1) is 15.8. The summed E-state index contributed by atoms with van der Waals surface area (Å²) in [4.78, 5) is 24.0. The molecule has 2 rings (SSSR count). The van der Waals surface area contributed by atoms with E-state index in [1.54, 1.807) is 18.2 Å². The van der Waals surface area contributed by atoms with E-state index in [0.29, 0.717) is 10.7 Å². The minimum Gasteiger partial charge on any atom is -0.391 e. The number of halogens is 1. The maximum Gasteiger partial charge on any atom is 0.249 e. The second kappa shape index (κ2) is 6.45. The fourth-order valence-electron chi connectivity index (χ4n) is 1.91. The normalized spacial score (nSPS) is 17.0. The molecule has 1 aliphatic rings. The standard InChI is InChI=1S/C15H19ClN2O3/c1-8-3-6-11(7-12(8)16)17-15(21)13(9(2)19)18-14(20)10-4-5-10/h3,6-7,9-10,13,19H,4-5H2,1-2H3,(H,17,21)(H,18,20). The number of hydrogen-bond acceptors (Lipinski definition) is 3. The van der Waals surface area contributed by atoms with E-state index in [1.807, 2.05) is 6.92 Å². The molecule has 0 saturated heterocycles. The highest BCUT2D eigenvalue weighted by Gasteiger charge is 2.34. The van der Waals surface area contributed by atoms with Gasteiger partial charge in [0.2, 0.25) is 11.8 Å². The van der Waals surface area contributed by atoms with E-state index in [4.69, 9.17) is 11.6 Å². The molecule has 2 amide bonds. The topological polar surface area (TPSA) is 78.4 Å². The van der Waals surface area contributed by atoms with Gasteiger partial charge in [-0.05, 0) is 44.4 Å². The Morgan fingerprint density at radius 2 is 2.05 bits per heavy atom. The van der Waals surface area contributed by atoms with E-state index in [1.165, 1.54) is 6.92 Å². The van der Waals surface area contributed by atoms with Gasteiger partial charge in [-0.25, -0.2) is 0 Å². The van der Waals surface area contributed by atoms with Gasteiger partial charge in [0.05, 0.1) is 6.10 Å². The molecule has 6 heteroatoms. The maximum absolute atomic E-state index is 12.2. The van der Waals surface area contributed by atoms with Gasteiger partial charge in [-0.1, -0.05) is 17.7 Å². The third-order valence-corrected chi connectivity index (χ3v) is 3.86. The van der Waals surface area contributed by atoms with E-state index >= 15 is 0 Å². The molecular formula is C15H19ClN2O3. The highest BCUT2D eigenvalue weighted by molar-refractivity contribution is 6.31. The van der Waals surface area contributed by atoms with Gasteiger partial charge < -0.3 is 15.7 Å². The average molecular weight is 311 g/mol. The molecule has 3 N–H and O–H groups in total. The van der Waals surface area contributed by atoms with Crippen LogP contribution < -0.4 is 10.6 Å². The number of aliphatic hydroxyl groups excluding tert-OH is 1. The van der Waals surface area contributed by atoms with Gasteiger partial charge in [0.25, 0.3) is 0 Å². The van der Waals surface area contributed by atoms with E-state index in [2.05, 4.69) is 10.6 Å². The average Bonchev–Trinajstić information content (AvgIpc) is 3.23. The van der Waals surface area contributed by atoms with Crippen LogP contribution in [0.25, 0.3) is 0 Å². The number of carbonyl (C=O) groups excluding carboxylic acids is 2. The highest BCUT2D eigenvalue weighted by atomic mass is 35.5. The number of benzene rings is 1. The van der Waals surface area contributed by atoms with E-state index in [0.717, 1.165) is 18.4 Å². The number of amides is 2. The van der Waals surface area contributed by atoms with Crippen LogP contribution in [0.1, 0.15) is 25.3 Å². The van der Waals surface area contributed by atoms with Gasteiger partial charge >= 0.3 is 0 Å². The number of nitrogens with one attached hydrogen (secondary N) is 2. The minimum absolute atomic E-state index is 0.0205. The molecule has 21 heavy (non-hydrogen) atoms. The zero-order valence-corrected chi connectivity index (χ0v) is 12.8. The Bertz CT molecular complexity index is 556. The fraction of sp³-hybridized carbons (Fsp3) is 0.467. The first-order valence-corrected chi connectivity index (χ1v) is 7.31. The number of anilines is 1. The van der Waals surface area contributed by atoms with Crippen molar-refractivity contribution < 1.29 is 14.7 Å². The predicted molar refractivity (Wildman–Crippen MR) is 81.2 cm³/mol. The van der Waals surface area contributed by atoms with Crippen LogP contribution >= 0.6 is 11.6 Å². The molecule has 0 radical (unpaired) electrons. The molecule has 114 valence electrons. The van der Waals surface area contributed by atoms with Crippen LogP contribution in [0.3, 0.4) is 0 Å². The van der Waals surface area contributed by atoms with E-state index < -0.39 is 18.1 Å². The van der Waals surface area contributed by atoms with Gasteiger partial charge in [-0.2, -0.15) is 0 Å². The Kier molecular flexibility index (Phi) is 4.85. The maximum atomic E-state index is 12.2. The number of hydrogen-bond donors (Lipinski definition) is 3. The molecule has 1 aromatic rings. The van der Waals surface area contributed by atoms with Crippen LogP contribution in [-0.4, -0.2) is 29.1 Å². The second-order valence-corrected chi connectivity index (χ2v) is 5.86. The monoisotopic (exact) mass is 310 g/mol. The van der Waals surface area contributed by atoms with Crippen LogP contribution in [0.15, 0.2) is 18.2 Å². The molecule has 2 atom stereocenters. The first-order valence-electron chi connectivity index (χ1n) is 6.94. The molecular weight excluding hydrogens is 292 g/mol. The molecule has 2 unspecified atom stereocenters. The first-order chi connectivity index (χ1) is 9.88. The van der Waals surface area contributed by atoms with Crippen molar-refractivity contribution in [3.8, 4) is 0 Å². The molecule has 1 aromatic carbocycles. The van der Waals surface area contributed by atoms with Crippen LogP contribution in [0.5, 0.6) is 0 Å². The quantitative estimate of drug-likeness (QED) is 0.777. The molecule has 0 aliphatic heterocycles. The van der Waals surface area contributed by atoms with Crippen LogP contribution in [0.4, 0.5) is 5.69 Å². The molecule has 5 nitrogen and oxygen atoms in total. The summed E-state index contributed by atoms with van der Waals surface area (Å²) in [6, 6.07) is 4.17.